The number of aryl methyl sites for hydroxylation is 1. The van der Waals surface area contributed by atoms with Gasteiger partial charge in [-0.1, -0.05) is 19.9 Å². The van der Waals surface area contributed by atoms with Gasteiger partial charge in [-0.3, -0.25) is 0 Å². The third-order valence-electron chi connectivity index (χ3n) is 4.47. The maximum atomic E-state index is 13.0. The Balaban J connectivity index is 2.51. The summed E-state index contributed by atoms with van der Waals surface area (Å²) in [6.07, 6.45) is 1.84. The minimum atomic E-state index is -3.50. The predicted molar refractivity (Wildman–Crippen MR) is 83.6 cm³/mol. The van der Waals surface area contributed by atoms with E-state index in [0.717, 1.165) is 24.0 Å². The van der Waals surface area contributed by atoms with E-state index in [2.05, 4.69) is 13.8 Å². The van der Waals surface area contributed by atoms with Gasteiger partial charge in [0.15, 0.2) is 0 Å². The van der Waals surface area contributed by atoms with Crippen LogP contribution in [0.1, 0.15) is 43.4 Å². The van der Waals surface area contributed by atoms with E-state index in [1.54, 1.807) is 10.4 Å². The molecular weight excluding hydrogens is 286 g/mol. The van der Waals surface area contributed by atoms with E-state index < -0.39 is 10.0 Å². The Bertz CT molecular complexity index is 623. The largest absolute Gasteiger partial charge is 0.392 e. The molecule has 1 aliphatic heterocycles. The number of benzene rings is 1. The molecule has 2 rings (SSSR count). The number of sulfonamides is 1. The Morgan fingerprint density at radius 3 is 2.57 bits per heavy atom. The van der Waals surface area contributed by atoms with Gasteiger partial charge in [-0.25, -0.2) is 8.42 Å². The third-order valence-corrected chi connectivity index (χ3v) is 6.52. The van der Waals surface area contributed by atoms with E-state index in [1.165, 1.54) is 0 Å². The molecule has 1 aromatic carbocycles. The van der Waals surface area contributed by atoms with Gasteiger partial charge in [0, 0.05) is 12.6 Å². The van der Waals surface area contributed by atoms with Gasteiger partial charge in [-0.15, -0.1) is 0 Å². The van der Waals surface area contributed by atoms with Crippen LogP contribution in [0.25, 0.3) is 0 Å². The zero-order valence-electron chi connectivity index (χ0n) is 13.3. The number of hydrogen-bond acceptors (Lipinski definition) is 3. The van der Waals surface area contributed by atoms with Crippen molar-refractivity contribution in [1.82, 2.24) is 4.31 Å². The highest BCUT2D eigenvalue weighted by Crippen LogP contribution is 2.32. The Hall–Kier alpha value is -0.910. The first-order chi connectivity index (χ1) is 9.78. The van der Waals surface area contributed by atoms with Crippen molar-refractivity contribution in [3.05, 3.63) is 28.8 Å². The van der Waals surface area contributed by atoms with E-state index in [4.69, 9.17) is 0 Å². The van der Waals surface area contributed by atoms with Crippen LogP contribution in [-0.2, 0) is 16.6 Å². The van der Waals surface area contributed by atoms with Crippen molar-refractivity contribution < 1.29 is 13.5 Å². The SMILES string of the molecule is Cc1cc(CO)cc(S(=O)(=O)N2CCCC2C(C)C)c1C. The van der Waals surface area contributed by atoms with Gasteiger partial charge < -0.3 is 5.11 Å². The summed E-state index contributed by atoms with van der Waals surface area (Å²) in [5, 5.41) is 9.34. The standard InChI is InChI=1S/C16H25NO3S/c1-11(2)15-6-5-7-17(15)21(19,20)16-9-14(10-18)8-12(3)13(16)4/h8-9,11,15,18H,5-7,10H2,1-4H3. The first kappa shape index (κ1) is 16.5. The summed E-state index contributed by atoms with van der Waals surface area (Å²) < 4.78 is 27.7. The molecule has 1 atom stereocenters. The predicted octanol–water partition coefficient (Wildman–Crippen LogP) is 2.60. The molecule has 21 heavy (non-hydrogen) atoms. The molecule has 1 aliphatic rings. The number of aliphatic hydroxyl groups is 1. The zero-order chi connectivity index (χ0) is 15.8. The van der Waals surface area contributed by atoms with Crippen LogP contribution in [0.2, 0.25) is 0 Å². The maximum absolute atomic E-state index is 13.0. The highest BCUT2D eigenvalue weighted by atomic mass is 32.2. The highest BCUT2D eigenvalue weighted by Gasteiger charge is 2.37. The van der Waals surface area contributed by atoms with Crippen molar-refractivity contribution >= 4 is 10.0 Å². The van der Waals surface area contributed by atoms with Gasteiger partial charge in [-0.2, -0.15) is 4.31 Å². The normalized spacial score (nSPS) is 20.4. The van der Waals surface area contributed by atoms with Crippen LogP contribution in [-0.4, -0.2) is 30.4 Å². The molecule has 5 heteroatoms. The van der Waals surface area contributed by atoms with E-state index in [9.17, 15) is 13.5 Å². The summed E-state index contributed by atoms with van der Waals surface area (Å²) >= 11 is 0. The Kier molecular flexibility index (Phi) is 4.76. The molecule has 0 saturated carbocycles. The summed E-state index contributed by atoms with van der Waals surface area (Å²) in [5.41, 5.74) is 2.33. The van der Waals surface area contributed by atoms with Gasteiger partial charge in [0.2, 0.25) is 10.0 Å². The maximum Gasteiger partial charge on any atom is 0.243 e. The molecule has 4 nitrogen and oxygen atoms in total. The minimum Gasteiger partial charge on any atom is -0.392 e. The van der Waals surface area contributed by atoms with Crippen molar-refractivity contribution in [2.45, 2.75) is 58.1 Å². The zero-order valence-corrected chi connectivity index (χ0v) is 14.1. The lowest BCUT2D eigenvalue weighted by atomic mass is 10.0. The average Bonchev–Trinajstić information content (AvgIpc) is 2.91. The highest BCUT2D eigenvalue weighted by molar-refractivity contribution is 7.89. The molecular formula is C16H25NO3S. The minimum absolute atomic E-state index is 0.0764. The van der Waals surface area contributed by atoms with Gasteiger partial charge in [0.1, 0.15) is 0 Å². The van der Waals surface area contributed by atoms with Crippen LogP contribution in [0.15, 0.2) is 17.0 Å². The van der Waals surface area contributed by atoms with E-state index in [0.29, 0.717) is 22.9 Å². The van der Waals surface area contributed by atoms with Crippen LogP contribution in [0, 0.1) is 19.8 Å². The Morgan fingerprint density at radius 1 is 1.33 bits per heavy atom. The fraction of sp³-hybridized carbons (Fsp3) is 0.625. The molecule has 0 aromatic heterocycles. The summed E-state index contributed by atoms with van der Waals surface area (Å²) in [6.45, 7) is 8.31. The number of hydrogen-bond donors (Lipinski definition) is 1. The topological polar surface area (TPSA) is 57.6 Å². The van der Waals surface area contributed by atoms with Crippen LogP contribution in [0.5, 0.6) is 0 Å². The van der Waals surface area contributed by atoms with Crippen molar-refractivity contribution in [2.75, 3.05) is 6.54 Å². The van der Waals surface area contributed by atoms with Crippen LogP contribution < -0.4 is 0 Å². The van der Waals surface area contributed by atoms with Crippen LogP contribution >= 0.6 is 0 Å². The number of aliphatic hydroxyl groups excluding tert-OH is 1. The van der Waals surface area contributed by atoms with E-state index in [-0.39, 0.29) is 12.6 Å². The monoisotopic (exact) mass is 311 g/mol. The van der Waals surface area contributed by atoms with Crippen LogP contribution in [0.4, 0.5) is 0 Å². The van der Waals surface area contributed by atoms with E-state index in [1.807, 2.05) is 19.9 Å². The lowest BCUT2D eigenvalue weighted by molar-refractivity contribution is 0.281. The molecule has 1 heterocycles. The molecule has 1 saturated heterocycles. The molecule has 0 radical (unpaired) electrons. The Morgan fingerprint density at radius 2 is 2.00 bits per heavy atom. The first-order valence-electron chi connectivity index (χ1n) is 7.52. The third kappa shape index (κ3) is 3.00. The Labute approximate surface area is 127 Å². The molecule has 0 amide bonds. The van der Waals surface area contributed by atoms with Crippen molar-refractivity contribution in [3.8, 4) is 0 Å². The molecule has 1 fully saturated rings. The summed E-state index contributed by atoms with van der Waals surface area (Å²) in [4.78, 5) is 0.346. The number of rotatable bonds is 4. The second-order valence-corrected chi connectivity index (χ2v) is 8.12. The summed E-state index contributed by atoms with van der Waals surface area (Å²) in [6, 6.07) is 3.54. The summed E-state index contributed by atoms with van der Waals surface area (Å²) in [7, 11) is -3.50. The number of nitrogens with zero attached hydrogens (tertiary/aromatic N) is 1. The fourth-order valence-corrected chi connectivity index (χ4v) is 5.29. The lowest BCUT2D eigenvalue weighted by Crippen LogP contribution is -2.38. The van der Waals surface area contributed by atoms with Crippen molar-refractivity contribution in [2.24, 2.45) is 5.92 Å². The van der Waals surface area contributed by atoms with Gasteiger partial charge in [-0.05, 0) is 55.4 Å². The lowest BCUT2D eigenvalue weighted by Gasteiger charge is -2.28. The quantitative estimate of drug-likeness (QED) is 0.930. The molecule has 0 spiro atoms. The van der Waals surface area contributed by atoms with E-state index >= 15 is 0 Å². The molecule has 1 N–H and O–H groups in total. The molecule has 0 bridgehead atoms. The average molecular weight is 311 g/mol. The van der Waals surface area contributed by atoms with Crippen LogP contribution in [0.3, 0.4) is 0 Å². The van der Waals surface area contributed by atoms with Crippen molar-refractivity contribution in [1.29, 1.82) is 0 Å². The molecule has 1 aromatic rings. The molecule has 1 unspecified atom stereocenters. The first-order valence-corrected chi connectivity index (χ1v) is 8.96. The van der Waals surface area contributed by atoms with Crippen molar-refractivity contribution in [3.63, 3.8) is 0 Å². The van der Waals surface area contributed by atoms with Gasteiger partial charge >= 0.3 is 0 Å². The smallest absolute Gasteiger partial charge is 0.243 e. The molecule has 0 aliphatic carbocycles. The summed E-state index contributed by atoms with van der Waals surface area (Å²) in [5.74, 6) is 0.310. The van der Waals surface area contributed by atoms with Gasteiger partial charge in [0.25, 0.3) is 0 Å². The second kappa shape index (κ2) is 6.07. The fourth-order valence-electron chi connectivity index (χ4n) is 3.11. The second-order valence-electron chi connectivity index (χ2n) is 6.26. The molecule has 118 valence electrons. The van der Waals surface area contributed by atoms with Gasteiger partial charge in [0.05, 0.1) is 11.5 Å².